The quantitative estimate of drug-likeness (QED) is 0.423. The van der Waals surface area contributed by atoms with E-state index in [0.717, 1.165) is 11.1 Å². The van der Waals surface area contributed by atoms with E-state index < -0.39 is 17.1 Å². The molecule has 0 aliphatic heterocycles. The Hall–Kier alpha value is -2.17. The number of Topliss-reactive ketones (excluding diaryl/α,β-unsaturated/α-hetero) is 1. The number of hydrogen-bond donors (Lipinski definition) is 0. The molecule has 0 radical (unpaired) electrons. The van der Waals surface area contributed by atoms with E-state index in [1.807, 2.05) is 60.7 Å². The standard InChI is InChI=1S/C18H17ClO4/c19-17(18(21)23-12-15-9-5-2-6-10-15)16(20)13-22-11-14-7-3-1-4-8-14/h1-10,17H,11-13H2. The van der Waals surface area contributed by atoms with Crippen molar-refractivity contribution in [3.05, 3.63) is 71.8 Å². The van der Waals surface area contributed by atoms with E-state index in [-0.39, 0.29) is 19.8 Å². The van der Waals surface area contributed by atoms with Crippen LogP contribution in [0.1, 0.15) is 11.1 Å². The molecule has 5 heteroatoms. The number of ether oxygens (including phenoxy) is 2. The Bertz CT molecular complexity index is 628. The van der Waals surface area contributed by atoms with Crippen LogP contribution in [0.5, 0.6) is 0 Å². The van der Waals surface area contributed by atoms with Crippen molar-refractivity contribution >= 4 is 23.4 Å². The third-order valence-electron chi connectivity index (χ3n) is 3.07. The van der Waals surface area contributed by atoms with Crippen molar-refractivity contribution in [3.63, 3.8) is 0 Å². The fourth-order valence-electron chi connectivity index (χ4n) is 1.85. The van der Waals surface area contributed by atoms with E-state index in [1.54, 1.807) is 0 Å². The number of rotatable bonds is 8. The monoisotopic (exact) mass is 332 g/mol. The topological polar surface area (TPSA) is 52.6 Å². The van der Waals surface area contributed by atoms with Crippen LogP contribution in [0.15, 0.2) is 60.7 Å². The highest BCUT2D eigenvalue weighted by molar-refractivity contribution is 6.41. The molecule has 0 heterocycles. The highest BCUT2D eigenvalue weighted by Crippen LogP contribution is 2.07. The lowest BCUT2D eigenvalue weighted by atomic mass is 10.2. The second kappa shape index (κ2) is 9.08. The first-order valence-electron chi connectivity index (χ1n) is 7.16. The molecule has 0 aliphatic carbocycles. The third kappa shape index (κ3) is 5.85. The van der Waals surface area contributed by atoms with Gasteiger partial charge in [0.1, 0.15) is 13.2 Å². The van der Waals surface area contributed by atoms with E-state index in [1.165, 1.54) is 0 Å². The van der Waals surface area contributed by atoms with Gasteiger partial charge in [0.05, 0.1) is 6.61 Å². The molecule has 1 unspecified atom stereocenters. The number of benzene rings is 2. The Kier molecular flexibility index (Phi) is 6.78. The summed E-state index contributed by atoms with van der Waals surface area (Å²) in [7, 11) is 0. The average Bonchev–Trinajstić information content (AvgIpc) is 2.60. The van der Waals surface area contributed by atoms with Crippen molar-refractivity contribution in [1.29, 1.82) is 0 Å². The molecule has 4 nitrogen and oxygen atoms in total. The SMILES string of the molecule is O=C(COCc1ccccc1)C(Cl)C(=O)OCc1ccccc1. The second-order valence-electron chi connectivity index (χ2n) is 4.90. The van der Waals surface area contributed by atoms with Gasteiger partial charge in [-0.05, 0) is 11.1 Å². The molecule has 0 fully saturated rings. The largest absolute Gasteiger partial charge is 0.459 e. The van der Waals surface area contributed by atoms with Gasteiger partial charge in [0, 0.05) is 0 Å². The molecule has 2 rings (SSSR count). The summed E-state index contributed by atoms with van der Waals surface area (Å²) < 4.78 is 10.3. The van der Waals surface area contributed by atoms with Crippen LogP contribution in [0.2, 0.25) is 0 Å². The fraction of sp³-hybridized carbons (Fsp3) is 0.222. The Morgan fingerprint density at radius 3 is 1.96 bits per heavy atom. The van der Waals surface area contributed by atoms with Crippen molar-refractivity contribution < 1.29 is 19.1 Å². The first-order chi connectivity index (χ1) is 11.2. The highest BCUT2D eigenvalue weighted by atomic mass is 35.5. The molecule has 23 heavy (non-hydrogen) atoms. The summed E-state index contributed by atoms with van der Waals surface area (Å²) in [4.78, 5) is 23.6. The molecular weight excluding hydrogens is 316 g/mol. The molecule has 0 spiro atoms. The summed E-state index contributed by atoms with van der Waals surface area (Å²) in [6.07, 6.45) is 0. The normalized spacial score (nSPS) is 11.7. The van der Waals surface area contributed by atoms with Gasteiger partial charge in [0.15, 0.2) is 11.2 Å². The first kappa shape index (κ1) is 17.2. The molecule has 2 aromatic carbocycles. The van der Waals surface area contributed by atoms with Gasteiger partial charge in [-0.25, -0.2) is 4.79 Å². The summed E-state index contributed by atoms with van der Waals surface area (Å²) in [5.41, 5.74) is 1.77. The zero-order valence-electron chi connectivity index (χ0n) is 12.5. The summed E-state index contributed by atoms with van der Waals surface area (Å²) >= 11 is 5.83. The fourth-order valence-corrected chi connectivity index (χ4v) is 1.98. The predicted octanol–water partition coefficient (Wildman–Crippen LogP) is 3.12. The van der Waals surface area contributed by atoms with E-state index in [0.29, 0.717) is 0 Å². The second-order valence-corrected chi connectivity index (χ2v) is 5.34. The molecule has 0 saturated carbocycles. The summed E-state index contributed by atoms with van der Waals surface area (Å²) in [6, 6.07) is 18.6. The van der Waals surface area contributed by atoms with Crippen LogP contribution in [0.3, 0.4) is 0 Å². The Balaban J connectivity index is 1.72. The lowest BCUT2D eigenvalue weighted by Gasteiger charge is -2.10. The minimum atomic E-state index is -1.35. The third-order valence-corrected chi connectivity index (χ3v) is 3.49. The van der Waals surface area contributed by atoms with Crippen LogP contribution >= 0.6 is 11.6 Å². The molecule has 0 amide bonds. The first-order valence-corrected chi connectivity index (χ1v) is 7.59. The van der Waals surface area contributed by atoms with Gasteiger partial charge >= 0.3 is 5.97 Å². The lowest BCUT2D eigenvalue weighted by molar-refractivity contribution is -0.147. The van der Waals surface area contributed by atoms with Crippen LogP contribution in [0.4, 0.5) is 0 Å². The van der Waals surface area contributed by atoms with Crippen LogP contribution < -0.4 is 0 Å². The maximum Gasteiger partial charge on any atom is 0.332 e. The van der Waals surface area contributed by atoms with Crippen LogP contribution in [-0.4, -0.2) is 23.7 Å². The number of carbonyl (C=O) groups is 2. The van der Waals surface area contributed by atoms with E-state index in [9.17, 15) is 9.59 Å². The molecule has 120 valence electrons. The van der Waals surface area contributed by atoms with Crippen LogP contribution in [0, 0.1) is 0 Å². The van der Waals surface area contributed by atoms with Crippen molar-refractivity contribution in [1.82, 2.24) is 0 Å². The number of alkyl halides is 1. The summed E-state index contributed by atoms with van der Waals surface area (Å²) in [5.74, 6) is -1.27. The lowest BCUT2D eigenvalue weighted by Crippen LogP contribution is -2.29. The maximum absolute atomic E-state index is 11.8. The van der Waals surface area contributed by atoms with E-state index in [2.05, 4.69) is 0 Å². The number of carbonyl (C=O) groups excluding carboxylic acids is 2. The van der Waals surface area contributed by atoms with Gasteiger partial charge in [0.2, 0.25) is 0 Å². The molecule has 0 aromatic heterocycles. The zero-order valence-corrected chi connectivity index (χ0v) is 13.2. The number of ketones is 1. The number of hydrogen-bond acceptors (Lipinski definition) is 4. The molecule has 0 N–H and O–H groups in total. The number of esters is 1. The molecule has 0 aliphatic rings. The minimum Gasteiger partial charge on any atom is -0.459 e. The molecule has 0 bridgehead atoms. The highest BCUT2D eigenvalue weighted by Gasteiger charge is 2.25. The van der Waals surface area contributed by atoms with Gasteiger partial charge in [-0.2, -0.15) is 0 Å². The van der Waals surface area contributed by atoms with Gasteiger partial charge in [0.25, 0.3) is 0 Å². The molecule has 2 aromatic rings. The summed E-state index contributed by atoms with van der Waals surface area (Å²) in [6.45, 7) is 0.139. The van der Waals surface area contributed by atoms with E-state index >= 15 is 0 Å². The van der Waals surface area contributed by atoms with Crippen molar-refractivity contribution in [3.8, 4) is 0 Å². The van der Waals surface area contributed by atoms with Crippen molar-refractivity contribution in [2.45, 2.75) is 18.6 Å². The Morgan fingerprint density at radius 1 is 0.870 bits per heavy atom. The van der Waals surface area contributed by atoms with Gasteiger partial charge in [-0.15, -0.1) is 11.6 Å². The van der Waals surface area contributed by atoms with Gasteiger partial charge in [-0.3, -0.25) is 4.79 Å². The van der Waals surface area contributed by atoms with Crippen molar-refractivity contribution in [2.24, 2.45) is 0 Å². The minimum absolute atomic E-state index is 0.0844. The molecular formula is C18H17ClO4. The summed E-state index contributed by atoms with van der Waals surface area (Å²) in [5, 5.41) is -1.35. The number of halogens is 1. The van der Waals surface area contributed by atoms with Gasteiger partial charge < -0.3 is 9.47 Å². The van der Waals surface area contributed by atoms with Crippen LogP contribution in [0.25, 0.3) is 0 Å². The zero-order chi connectivity index (χ0) is 16.5. The van der Waals surface area contributed by atoms with Crippen molar-refractivity contribution in [2.75, 3.05) is 6.61 Å². The Morgan fingerprint density at radius 2 is 1.39 bits per heavy atom. The smallest absolute Gasteiger partial charge is 0.332 e. The average molecular weight is 333 g/mol. The maximum atomic E-state index is 11.8. The van der Waals surface area contributed by atoms with Gasteiger partial charge in [-0.1, -0.05) is 60.7 Å². The predicted molar refractivity (Wildman–Crippen MR) is 87.0 cm³/mol. The molecule has 0 saturated heterocycles. The van der Waals surface area contributed by atoms with E-state index in [4.69, 9.17) is 21.1 Å². The van der Waals surface area contributed by atoms with Crippen LogP contribution in [-0.2, 0) is 32.3 Å². The molecule has 1 atom stereocenters. The Labute approximate surface area is 140 Å².